The maximum absolute atomic E-state index is 5.93. The average molecular weight is 218 g/mol. The fourth-order valence-corrected chi connectivity index (χ4v) is 2.74. The average Bonchev–Trinajstić information content (AvgIpc) is 2.79. The van der Waals surface area contributed by atoms with Gasteiger partial charge in [-0.25, -0.2) is 0 Å². The largest absolute Gasteiger partial charge is 0.329 e. The molecule has 1 aliphatic rings. The minimum atomic E-state index is 0.190. The molecule has 2 heteroatoms. The smallest absolute Gasteiger partial charge is 0.0309 e. The molecule has 1 saturated carbocycles. The first-order chi connectivity index (χ1) is 7.76. The van der Waals surface area contributed by atoms with Crippen molar-refractivity contribution < 1.29 is 0 Å². The number of benzene rings is 1. The zero-order valence-corrected chi connectivity index (χ0v) is 10.1. The molecule has 88 valence electrons. The Balaban J connectivity index is 2.03. The minimum absolute atomic E-state index is 0.190. The number of nitrogens with two attached hydrogens (primary N) is 1. The highest BCUT2D eigenvalue weighted by molar-refractivity contribution is 5.19. The van der Waals surface area contributed by atoms with Gasteiger partial charge in [0, 0.05) is 18.1 Å². The van der Waals surface area contributed by atoms with Gasteiger partial charge in [-0.1, -0.05) is 43.2 Å². The fraction of sp³-hybridized carbons (Fsp3) is 0.571. The molecule has 2 nitrogen and oxygen atoms in total. The molecule has 0 saturated heterocycles. The van der Waals surface area contributed by atoms with Gasteiger partial charge in [-0.2, -0.15) is 0 Å². The van der Waals surface area contributed by atoms with Crippen LogP contribution in [0.4, 0.5) is 0 Å². The summed E-state index contributed by atoms with van der Waals surface area (Å²) in [6.07, 6.45) is 5.07. The Morgan fingerprint density at radius 2 is 1.88 bits per heavy atom. The first-order valence-electron chi connectivity index (χ1n) is 6.28. The molecule has 0 heterocycles. The molecule has 0 amide bonds. The molecular weight excluding hydrogens is 196 g/mol. The van der Waals surface area contributed by atoms with E-state index in [1.807, 2.05) is 0 Å². The molecule has 0 spiro atoms. The van der Waals surface area contributed by atoms with E-state index in [-0.39, 0.29) is 5.54 Å². The summed E-state index contributed by atoms with van der Waals surface area (Å²) < 4.78 is 0. The molecule has 1 aromatic carbocycles. The molecule has 1 fully saturated rings. The Morgan fingerprint density at radius 1 is 1.25 bits per heavy atom. The highest BCUT2D eigenvalue weighted by Gasteiger charge is 2.33. The maximum atomic E-state index is 5.93. The first kappa shape index (κ1) is 11.6. The van der Waals surface area contributed by atoms with Gasteiger partial charge >= 0.3 is 0 Å². The molecule has 0 aromatic heterocycles. The van der Waals surface area contributed by atoms with E-state index < -0.39 is 0 Å². The summed E-state index contributed by atoms with van der Waals surface area (Å²) in [5.74, 6) is 0. The van der Waals surface area contributed by atoms with Gasteiger partial charge in [-0.3, -0.25) is 0 Å². The Morgan fingerprint density at radius 3 is 2.44 bits per heavy atom. The van der Waals surface area contributed by atoms with Crippen LogP contribution in [-0.4, -0.2) is 12.1 Å². The van der Waals surface area contributed by atoms with Crippen molar-refractivity contribution in [2.75, 3.05) is 6.54 Å². The van der Waals surface area contributed by atoms with Crippen molar-refractivity contribution in [3.05, 3.63) is 35.9 Å². The summed E-state index contributed by atoms with van der Waals surface area (Å²) in [6.45, 7) is 2.98. The van der Waals surface area contributed by atoms with Gasteiger partial charge in [-0.15, -0.1) is 0 Å². The summed E-state index contributed by atoms with van der Waals surface area (Å²) in [6, 6.07) is 11.0. The molecule has 1 aliphatic carbocycles. The molecule has 0 unspecified atom stereocenters. The van der Waals surface area contributed by atoms with Crippen molar-refractivity contribution in [2.24, 2.45) is 5.73 Å². The molecule has 0 bridgehead atoms. The van der Waals surface area contributed by atoms with E-state index in [0.717, 1.165) is 6.54 Å². The standard InChI is InChI=1S/C14H22N2/c1-12(13-7-3-2-4-8-13)16-14(11-15)9-5-6-10-14/h2-4,7-8,12,16H,5-6,9-11,15H2,1H3/t12-/m0/s1. The quantitative estimate of drug-likeness (QED) is 0.815. The predicted octanol–water partition coefficient (Wildman–Crippen LogP) is 2.61. The molecule has 16 heavy (non-hydrogen) atoms. The molecule has 2 rings (SSSR count). The summed E-state index contributed by atoms with van der Waals surface area (Å²) >= 11 is 0. The lowest BCUT2D eigenvalue weighted by molar-refractivity contribution is 0.307. The van der Waals surface area contributed by atoms with Gasteiger partial charge in [0.15, 0.2) is 0 Å². The second-order valence-electron chi connectivity index (χ2n) is 4.97. The zero-order chi connectivity index (χ0) is 11.4. The van der Waals surface area contributed by atoms with E-state index in [0.29, 0.717) is 6.04 Å². The van der Waals surface area contributed by atoms with Crippen LogP contribution in [-0.2, 0) is 0 Å². The lowest BCUT2D eigenvalue weighted by Crippen LogP contribution is -2.49. The lowest BCUT2D eigenvalue weighted by Gasteiger charge is -2.32. The van der Waals surface area contributed by atoms with Gasteiger partial charge in [-0.05, 0) is 25.3 Å². The van der Waals surface area contributed by atoms with Crippen molar-refractivity contribution in [2.45, 2.75) is 44.2 Å². The number of rotatable bonds is 4. The second-order valence-corrected chi connectivity index (χ2v) is 4.97. The highest BCUT2D eigenvalue weighted by atomic mass is 15.0. The van der Waals surface area contributed by atoms with E-state index >= 15 is 0 Å². The van der Waals surface area contributed by atoms with E-state index in [1.54, 1.807) is 0 Å². The molecule has 1 aromatic rings. The summed E-state index contributed by atoms with van der Waals surface area (Å²) in [4.78, 5) is 0. The summed E-state index contributed by atoms with van der Waals surface area (Å²) in [5, 5.41) is 3.73. The Labute approximate surface area is 98.2 Å². The van der Waals surface area contributed by atoms with Crippen LogP contribution >= 0.6 is 0 Å². The Bertz CT molecular complexity index is 315. The van der Waals surface area contributed by atoms with Gasteiger partial charge in [0.25, 0.3) is 0 Å². The van der Waals surface area contributed by atoms with Crippen LogP contribution in [0.25, 0.3) is 0 Å². The van der Waals surface area contributed by atoms with Crippen molar-refractivity contribution in [3.8, 4) is 0 Å². The molecule has 3 N–H and O–H groups in total. The molecule has 0 radical (unpaired) electrons. The van der Waals surface area contributed by atoms with Crippen LogP contribution in [0, 0.1) is 0 Å². The third-order valence-corrected chi connectivity index (χ3v) is 3.77. The number of hydrogen-bond acceptors (Lipinski definition) is 2. The Kier molecular flexibility index (Phi) is 3.62. The van der Waals surface area contributed by atoms with Gasteiger partial charge < -0.3 is 11.1 Å². The van der Waals surface area contributed by atoms with Crippen LogP contribution in [0.5, 0.6) is 0 Å². The van der Waals surface area contributed by atoms with Gasteiger partial charge in [0.1, 0.15) is 0 Å². The van der Waals surface area contributed by atoms with Crippen LogP contribution in [0.1, 0.15) is 44.2 Å². The molecular formula is C14H22N2. The van der Waals surface area contributed by atoms with E-state index in [1.165, 1.54) is 31.2 Å². The third kappa shape index (κ3) is 2.45. The van der Waals surface area contributed by atoms with Crippen LogP contribution < -0.4 is 11.1 Å². The lowest BCUT2D eigenvalue weighted by atomic mass is 9.95. The summed E-state index contributed by atoms with van der Waals surface area (Å²) in [7, 11) is 0. The molecule has 1 atom stereocenters. The monoisotopic (exact) mass is 218 g/mol. The summed E-state index contributed by atoms with van der Waals surface area (Å²) in [5.41, 5.74) is 7.47. The Hall–Kier alpha value is -0.860. The van der Waals surface area contributed by atoms with Crippen molar-refractivity contribution >= 4 is 0 Å². The SMILES string of the molecule is C[C@H](NC1(CN)CCCC1)c1ccccc1. The molecule has 0 aliphatic heterocycles. The fourth-order valence-electron chi connectivity index (χ4n) is 2.74. The third-order valence-electron chi connectivity index (χ3n) is 3.77. The normalized spacial score (nSPS) is 20.9. The van der Waals surface area contributed by atoms with Crippen LogP contribution in [0.2, 0.25) is 0 Å². The van der Waals surface area contributed by atoms with E-state index in [4.69, 9.17) is 5.73 Å². The van der Waals surface area contributed by atoms with Crippen molar-refractivity contribution in [1.82, 2.24) is 5.32 Å². The first-order valence-corrected chi connectivity index (χ1v) is 6.28. The van der Waals surface area contributed by atoms with Crippen LogP contribution in [0.3, 0.4) is 0 Å². The van der Waals surface area contributed by atoms with Crippen molar-refractivity contribution in [3.63, 3.8) is 0 Å². The van der Waals surface area contributed by atoms with Crippen molar-refractivity contribution in [1.29, 1.82) is 0 Å². The minimum Gasteiger partial charge on any atom is -0.329 e. The van der Waals surface area contributed by atoms with E-state index in [2.05, 4.69) is 42.6 Å². The second kappa shape index (κ2) is 4.98. The topological polar surface area (TPSA) is 38.0 Å². The number of nitrogens with one attached hydrogen (secondary N) is 1. The highest BCUT2D eigenvalue weighted by Crippen LogP contribution is 2.31. The van der Waals surface area contributed by atoms with Gasteiger partial charge in [0.05, 0.1) is 0 Å². The van der Waals surface area contributed by atoms with Crippen LogP contribution in [0.15, 0.2) is 30.3 Å². The van der Waals surface area contributed by atoms with Gasteiger partial charge in [0.2, 0.25) is 0 Å². The number of hydrogen-bond donors (Lipinski definition) is 2. The zero-order valence-electron chi connectivity index (χ0n) is 10.1. The van der Waals surface area contributed by atoms with E-state index in [9.17, 15) is 0 Å². The maximum Gasteiger partial charge on any atom is 0.0309 e. The predicted molar refractivity (Wildman–Crippen MR) is 68.2 cm³/mol.